The second-order valence-electron chi connectivity index (χ2n) is 14.8. The molecule has 0 atom stereocenters. The van der Waals surface area contributed by atoms with Gasteiger partial charge in [0.25, 0.3) is 11.8 Å². The third-order valence-electron chi connectivity index (χ3n) is 10.9. The average Bonchev–Trinajstić information content (AvgIpc) is 3.20. The molecular weight excluding hydrogens is 730 g/mol. The van der Waals surface area contributed by atoms with Gasteiger partial charge in [-0.15, -0.1) is 0 Å². The highest BCUT2D eigenvalue weighted by Gasteiger charge is 2.31. The van der Waals surface area contributed by atoms with Crippen LogP contribution in [0.15, 0.2) is 97.1 Å². The number of rotatable bonds is 13. The van der Waals surface area contributed by atoms with Crippen LogP contribution in [0.4, 0.5) is 26.3 Å². The van der Waals surface area contributed by atoms with E-state index in [0.717, 1.165) is 115 Å². The molecule has 0 aromatic heterocycles. The lowest BCUT2D eigenvalue weighted by atomic mass is 9.97. The zero-order valence-electron chi connectivity index (χ0n) is 31.3. The summed E-state index contributed by atoms with van der Waals surface area (Å²) in [5.74, 6) is -0.429. The number of benzene rings is 4. The average molecular weight is 779 g/mol. The van der Waals surface area contributed by atoms with Gasteiger partial charge in [-0.25, -0.2) is 0 Å². The van der Waals surface area contributed by atoms with Crippen LogP contribution in [-0.4, -0.2) is 73.0 Å². The number of nitrogens with zero attached hydrogens (tertiary/aromatic N) is 2. The fourth-order valence-corrected chi connectivity index (χ4v) is 7.70. The van der Waals surface area contributed by atoms with Crippen LogP contribution in [0, 0.1) is 0 Å². The number of carbonyl (C=O) groups excluding carboxylic acids is 2. The van der Waals surface area contributed by atoms with Crippen molar-refractivity contribution >= 4 is 11.8 Å². The van der Waals surface area contributed by atoms with E-state index in [1.807, 2.05) is 0 Å². The van der Waals surface area contributed by atoms with Crippen LogP contribution in [0.2, 0.25) is 0 Å². The standard InChI is InChI=1S/C44H48F6N4O2/c45-43(46,47)33-17-13-31(14-18-33)37-9-3-5-11-39(37)41(55)51-35-21-27-53(28-22-35)25-7-1-2-8-26-54-29-23-36(24-30-54)52-42(56)40-12-6-4-10-38(40)32-15-19-34(20-16-32)44(48,49)50/h3-6,9-20,35-36H,1-2,7-8,21-30H2,(H,51,55)(H,52,56). The fraction of sp³-hybridized carbons (Fsp3) is 0.409. The lowest BCUT2D eigenvalue weighted by Gasteiger charge is -2.33. The van der Waals surface area contributed by atoms with E-state index in [-0.39, 0.29) is 23.9 Å². The van der Waals surface area contributed by atoms with Crippen molar-refractivity contribution in [2.24, 2.45) is 0 Å². The van der Waals surface area contributed by atoms with Gasteiger partial charge >= 0.3 is 12.4 Å². The quantitative estimate of drug-likeness (QED) is 0.105. The van der Waals surface area contributed by atoms with Crippen LogP contribution in [0.25, 0.3) is 22.3 Å². The van der Waals surface area contributed by atoms with Gasteiger partial charge < -0.3 is 20.4 Å². The Morgan fingerprint density at radius 1 is 0.500 bits per heavy atom. The monoisotopic (exact) mass is 778 g/mol. The molecule has 298 valence electrons. The fourth-order valence-electron chi connectivity index (χ4n) is 7.70. The summed E-state index contributed by atoms with van der Waals surface area (Å²) < 4.78 is 78.3. The first-order valence-corrected chi connectivity index (χ1v) is 19.4. The predicted octanol–water partition coefficient (Wildman–Crippen LogP) is 9.71. The first-order valence-electron chi connectivity index (χ1n) is 19.4. The highest BCUT2D eigenvalue weighted by molar-refractivity contribution is 6.01. The smallest absolute Gasteiger partial charge is 0.349 e. The molecule has 2 aliphatic heterocycles. The topological polar surface area (TPSA) is 64.7 Å². The van der Waals surface area contributed by atoms with E-state index in [1.165, 1.54) is 24.3 Å². The molecule has 0 saturated carbocycles. The molecule has 6 nitrogen and oxygen atoms in total. The van der Waals surface area contributed by atoms with Crippen molar-refractivity contribution in [1.82, 2.24) is 20.4 Å². The van der Waals surface area contributed by atoms with Gasteiger partial charge in [-0.3, -0.25) is 9.59 Å². The van der Waals surface area contributed by atoms with Gasteiger partial charge in [-0.1, -0.05) is 73.5 Å². The van der Waals surface area contributed by atoms with Crippen molar-refractivity contribution in [1.29, 1.82) is 0 Å². The summed E-state index contributed by atoms with van der Waals surface area (Å²) in [7, 11) is 0. The number of hydrogen-bond donors (Lipinski definition) is 2. The van der Waals surface area contributed by atoms with Crippen molar-refractivity contribution in [3.8, 4) is 22.3 Å². The summed E-state index contributed by atoms with van der Waals surface area (Å²) in [5, 5.41) is 6.30. The molecule has 0 unspecified atom stereocenters. The van der Waals surface area contributed by atoms with Crippen molar-refractivity contribution in [2.45, 2.75) is 75.8 Å². The number of hydrogen-bond acceptors (Lipinski definition) is 4. The van der Waals surface area contributed by atoms with Gasteiger partial charge in [0.1, 0.15) is 0 Å². The molecule has 2 amide bonds. The Labute approximate surface area is 324 Å². The highest BCUT2D eigenvalue weighted by atomic mass is 19.4. The number of nitrogens with one attached hydrogen (secondary N) is 2. The largest absolute Gasteiger partial charge is 0.416 e. The lowest BCUT2D eigenvalue weighted by Crippen LogP contribution is -2.45. The van der Waals surface area contributed by atoms with Crippen molar-refractivity contribution in [3.63, 3.8) is 0 Å². The van der Waals surface area contributed by atoms with Gasteiger partial charge in [-0.2, -0.15) is 26.3 Å². The number of carbonyl (C=O) groups is 2. The highest BCUT2D eigenvalue weighted by Crippen LogP contribution is 2.33. The van der Waals surface area contributed by atoms with Crippen LogP contribution in [0.5, 0.6) is 0 Å². The molecule has 2 N–H and O–H groups in total. The Morgan fingerprint density at radius 3 is 1.18 bits per heavy atom. The Kier molecular flexibility index (Phi) is 13.5. The third kappa shape index (κ3) is 11.0. The Morgan fingerprint density at radius 2 is 0.839 bits per heavy atom. The normalized spacial score (nSPS) is 16.5. The van der Waals surface area contributed by atoms with Crippen LogP contribution >= 0.6 is 0 Å². The molecule has 56 heavy (non-hydrogen) atoms. The molecule has 2 heterocycles. The first-order chi connectivity index (χ1) is 26.8. The molecule has 2 fully saturated rings. The van der Waals surface area contributed by atoms with E-state index < -0.39 is 23.5 Å². The summed E-state index contributed by atoms with van der Waals surface area (Å²) in [4.78, 5) is 31.4. The van der Waals surface area contributed by atoms with Crippen LogP contribution < -0.4 is 10.6 Å². The molecule has 2 aliphatic rings. The van der Waals surface area contributed by atoms with E-state index in [4.69, 9.17) is 0 Å². The SMILES string of the molecule is O=C(NC1CCN(CCCCCCN2CCC(NC(=O)c3ccccc3-c3ccc(C(F)(F)F)cc3)CC2)CC1)c1ccccc1-c1ccc(C(F)(F)F)cc1. The molecule has 2 saturated heterocycles. The summed E-state index contributed by atoms with van der Waals surface area (Å²) in [5.41, 5.74) is 1.78. The van der Waals surface area contributed by atoms with Crippen LogP contribution in [-0.2, 0) is 12.4 Å². The molecule has 0 aliphatic carbocycles. The molecule has 0 radical (unpaired) electrons. The predicted molar refractivity (Wildman–Crippen MR) is 206 cm³/mol. The number of likely N-dealkylation sites (tertiary alicyclic amines) is 2. The maximum atomic E-state index is 13.2. The van der Waals surface area contributed by atoms with E-state index in [0.29, 0.717) is 33.4 Å². The first kappa shape index (κ1) is 41.0. The molecule has 4 aromatic rings. The Bertz CT molecular complexity index is 1760. The number of piperidine rings is 2. The van der Waals surface area contributed by atoms with Crippen molar-refractivity contribution < 1.29 is 35.9 Å². The van der Waals surface area contributed by atoms with E-state index in [2.05, 4.69) is 20.4 Å². The van der Waals surface area contributed by atoms with Gasteiger partial charge in [-0.05, 0) is 110 Å². The van der Waals surface area contributed by atoms with Crippen LogP contribution in [0.3, 0.4) is 0 Å². The molecule has 6 rings (SSSR count). The molecular formula is C44H48F6N4O2. The maximum Gasteiger partial charge on any atom is 0.416 e. The van der Waals surface area contributed by atoms with E-state index in [9.17, 15) is 35.9 Å². The lowest BCUT2D eigenvalue weighted by molar-refractivity contribution is -0.138. The van der Waals surface area contributed by atoms with Gasteiger partial charge in [0.05, 0.1) is 11.1 Å². The Balaban J connectivity index is 0.845. The summed E-state index contributed by atoms with van der Waals surface area (Å²) in [6.07, 6.45) is -0.956. The second kappa shape index (κ2) is 18.5. The minimum absolute atomic E-state index is 0.0420. The molecule has 0 bridgehead atoms. The summed E-state index contributed by atoms with van der Waals surface area (Å²) in [6, 6.07) is 23.9. The maximum absolute atomic E-state index is 13.2. The number of alkyl halides is 6. The van der Waals surface area contributed by atoms with E-state index in [1.54, 1.807) is 48.5 Å². The van der Waals surface area contributed by atoms with Gasteiger partial charge in [0.2, 0.25) is 0 Å². The van der Waals surface area contributed by atoms with Gasteiger partial charge in [0, 0.05) is 49.4 Å². The van der Waals surface area contributed by atoms with Crippen molar-refractivity contribution in [3.05, 3.63) is 119 Å². The minimum atomic E-state index is -4.42. The Hall–Kier alpha value is -4.68. The van der Waals surface area contributed by atoms with E-state index >= 15 is 0 Å². The molecule has 12 heteroatoms. The van der Waals surface area contributed by atoms with Crippen molar-refractivity contribution in [2.75, 3.05) is 39.3 Å². The number of unbranched alkanes of at least 4 members (excludes halogenated alkanes) is 3. The molecule has 0 spiro atoms. The number of halogens is 6. The minimum Gasteiger partial charge on any atom is -0.349 e. The third-order valence-corrected chi connectivity index (χ3v) is 10.9. The second-order valence-corrected chi connectivity index (χ2v) is 14.8. The van der Waals surface area contributed by atoms with Gasteiger partial charge in [0.15, 0.2) is 0 Å². The summed E-state index contributed by atoms with van der Waals surface area (Å²) in [6.45, 7) is 5.64. The zero-order valence-corrected chi connectivity index (χ0v) is 31.3. The number of amides is 2. The molecule has 4 aromatic carbocycles. The zero-order chi connectivity index (χ0) is 39.7. The summed E-state index contributed by atoms with van der Waals surface area (Å²) >= 11 is 0. The van der Waals surface area contributed by atoms with Crippen LogP contribution in [0.1, 0.15) is 83.2 Å².